The average molecular weight is 412 g/mol. The highest BCUT2D eigenvalue weighted by molar-refractivity contribution is 7.13. The van der Waals surface area contributed by atoms with Gasteiger partial charge < -0.3 is 14.4 Å². The van der Waals surface area contributed by atoms with Crippen molar-refractivity contribution in [3.8, 4) is 10.4 Å². The third-order valence-electron chi connectivity index (χ3n) is 4.13. The molecule has 0 saturated heterocycles. The number of thiophene rings is 1. The van der Waals surface area contributed by atoms with Gasteiger partial charge in [-0.15, -0.1) is 11.3 Å². The molecule has 0 N–H and O–H groups in total. The van der Waals surface area contributed by atoms with Crippen molar-refractivity contribution >= 4 is 34.7 Å². The molecule has 0 unspecified atom stereocenters. The Hall–Kier alpha value is -3.72. The second-order valence-electron chi connectivity index (χ2n) is 5.75. The molecule has 29 heavy (non-hydrogen) atoms. The van der Waals surface area contributed by atoms with Crippen molar-refractivity contribution in [2.75, 3.05) is 19.1 Å². The van der Waals surface area contributed by atoms with Crippen LogP contribution in [-0.4, -0.2) is 31.1 Å². The summed E-state index contributed by atoms with van der Waals surface area (Å²) in [5.74, 6) is -1.61. The van der Waals surface area contributed by atoms with Crippen molar-refractivity contribution in [3.63, 3.8) is 0 Å². The summed E-state index contributed by atoms with van der Waals surface area (Å²) in [5, 5.41) is 13.6. The summed E-state index contributed by atoms with van der Waals surface area (Å²) in [6.07, 6.45) is 5.94. The highest BCUT2D eigenvalue weighted by Crippen LogP contribution is 2.38. The number of carbonyl (C=O) groups excluding carboxylic acids is 2. The quantitative estimate of drug-likeness (QED) is 0.418. The third kappa shape index (κ3) is 3.94. The van der Waals surface area contributed by atoms with Gasteiger partial charge in [-0.3, -0.25) is 10.1 Å². The number of anilines is 1. The standard InChI is InChI=1S/C20H16N2O6S/c1-27-19(23)14-6-3-4-10-21(18(14)20(24)28-2)16-12-13(17-7-5-11-29-17)8-9-15(16)22(25)26/h3-12H,1-2H3. The van der Waals surface area contributed by atoms with Gasteiger partial charge in [-0.25, -0.2) is 9.59 Å². The number of rotatable bonds is 5. The van der Waals surface area contributed by atoms with Gasteiger partial charge in [0.1, 0.15) is 11.4 Å². The Kier molecular flexibility index (Phi) is 5.89. The van der Waals surface area contributed by atoms with Crippen LogP contribution in [0.4, 0.5) is 11.4 Å². The Morgan fingerprint density at radius 1 is 1.10 bits per heavy atom. The van der Waals surface area contributed by atoms with Crippen LogP contribution in [0.25, 0.3) is 10.4 Å². The van der Waals surface area contributed by atoms with Gasteiger partial charge in [-0.2, -0.15) is 0 Å². The number of ether oxygens (including phenoxy) is 2. The molecule has 0 bridgehead atoms. The van der Waals surface area contributed by atoms with Gasteiger partial charge in [0.05, 0.1) is 24.7 Å². The van der Waals surface area contributed by atoms with Gasteiger partial charge in [-0.1, -0.05) is 12.1 Å². The summed E-state index contributed by atoms with van der Waals surface area (Å²) in [5.41, 5.74) is 0.344. The van der Waals surface area contributed by atoms with Crippen LogP contribution in [0.5, 0.6) is 0 Å². The van der Waals surface area contributed by atoms with Gasteiger partial charge >= 0.3 is 11.9 Å². The second kappa shape index (κ2) is 8.53. The molecule has 2 heterocycles. The summed E-state index contributed by atoms with van der Waals surface area (Å²) < 4.78 is 9.62. The summed E-state index contributed by atoms with van der Waals surface area (Å²) in [6, 6.07) is 8.34. The van der Waals surface area contributed by atoms with Crippen LogP contribution in [0.2, 0.25) is 0 Å². The highest BCUT2D eigenvalue weighted by atomic mass is 32.1. The Balaban J connectivity index is 2.28. The normalized spacial score (nSPS) is 13.2. The van der Waals surface area contributed by atoms with E-state index in [0.717, 1.165) is 17.6 Å². The number of allylic oxidation sites excluding steroid dienone is 2. The number of esters is 2. The average Bonchev–Trinajstić information content (AvgIpc) is 3.18. The van der Waals surface area contributed by atoms with Gasteiger partial charge in [0, 0.05) is 17.1 Å². The van der Waals surface area contributed by atoms with Gasteiger partial charge in [0.2, 0.25) is 0 Å². The molecule has 1 aromatic carbocycles. The number of hydrogen-bond donors (Lipinski definition) is 0. The molecule has 0 spiro atoms. The van der Waals surface area contributed by atoms with Gasteiger partial charge in [0.15, 0.2) is 0 Å². The Morgan fingerprint density at radius 2 is 1.86 bits per heavy atom. The third-order valence-corrected chi connectivity index (χ3v) is 5.05. The number of benzene rings is 1. The van der Waals surface area contributed by atoms with Crippen LogP contribution in [0.15, 0.2) is 71.4 Å². The van der Waals surface area contributed by atoms with Crippen LogP contribution in [0.3, 0.4) is 0 Å². The maximum Gasteiger partial charge on any atom is 0.355 e. The van der Waals surface area contributed by atoms with E-state index in [9.17, 15) is 19.7 Å². The smallest absolute Gasteiger partial charge is 0.355 e. The first-order valence-electron chi connectivity index (χ1n) is 8.35. The molecule has 9 heteroatoms. The van der Waals surface area contributed by atoms with Crippen LogP contribution in [-0.2, 0) is 19.1 Å². The molecule has 0 radical (unpaired) electrons. The molecule has 8 nitrogen and oxygen atoms in total. The first-order valence-corrected chi connectivity index (χ1v) is 9.23. The molecule has 148 valence electrons. The van der Waals surface area contributed by atoms with Gasteiger partial charge in [-0.05, 0) is 41.3 Å². The molecule has 0 amide bonds. The maximum atomic E-state index is 12.6. The van der Waals surface area contributed by atoms with E-state index < -0.39 is 16.9 Å². The predicted molar refractivity (Wildman–Crippen MR) is 108 cm³/mol. The summed E-state index contributed by atoms with van der Waals surface area (Å²) >= 11 is 1.47. The highest BCUT2D eigenvalue weighted by Gasteiger charge is 2.31. The van der Waals surface area contributed by atoms with Crippen molar-refractivity contribution in [2.45, 2.75) is 0 Å². The van der Waals surface area contributed by atoms with E-state index in [-0.39, 0.29) is 22.6 Å². The molecule has 2 aromatic rings. The predicted octanol–water partition coefficient (Wildman–Crippen LogP) is 3.81. The van der Waals surface area contributed by atoms with Crippen LogP contribution in [0.1, 0.15) is 0 Å². The lowest BCUT2D eigenvalue weighted by Crippen LogP contribution is -2.27. The number of hydrogen-bond acceptors (Lipinski definition) is 8. The number of methoxy groups -OCH3 is 2. The van der Waals surface area contributed by atoms with E-state index >= 15 is 0 Å². The topological polar surface area (TPSA) is 99.0 Å². The Labute approximate surface area is 170 Å². The van der Waals surface area contributed by atoms with Crippen molar-refractivity contribution < 1.29 is 24.0 Å². The molecular formula is C20H16N2O6S. The zero-order valence-corrected chi connectivity index (χ0v) is 16.3. The van der Waals surface area contributed by atoms with E-state index in [0.29, 0.717) is 0 Å². The molecule has 0 fully saturated rings. The Bertz CT molecular complexity index is 1050. The van der Waals surface area contributed by atoms with E-state index in [1.54, 1.807) is 18.2 Å². The second-order valence-corrected chi connectivity index (χ2v) is 6.70. The summed E-state index contributed by atoms with van der Waals surface area (Å²) in [4.78, 5) is 38.1. The van der Waals surface area contributed by atoms with Crippen LogP contribution >= 0.6 is 11.3 Å². The van der Waals surface area contributed by atoms with E-state index in [2.05, 4.69) is 0 Å². The lowest BCUT2D eigenvalue weighted by Gasteiger charge is -2.23. The van der Waals surface area contributed by atoms with Crippen LogP contribution < -0.4 is 4.90 Å². The fourth-order valence-corrected chi connectivity index (χ4v) is 3.54. The summed E-state index contributed by atoms with van der Waals surface area (Å²) in [6.45, 7) is 0. The largest absolute Gasteiger partial charge is 0.465 e. The maximum absolute atomic E-state index is 12.6. The molecule has 1 aromatic heterocycles. The number of nitrogens with zero attached hydrogens (tertiary/aromatic N) is 2. The fraction of sp³-hybridized carbons (Fsp3) is 0.100. The monoisotopic (exact) mass is 412 g/mol. The minimum atomic E-state index is -0.836. The molecule has 0 saturated carbocycles. The van der Waals surface area contributed by atoms with E-state index in [4.69, 9.17) is 9.47 Å². The lowest BCUT2D eigenvalue weighted by atomic mass is 10.1. The molecule has 0 aliphatic carbocycles. The van der Waals surface area contributed by atoms with E-state index in [1.807, 2.05) is 17.5 Å². The molecular weight excluding hydrogens is 396 g/mol. The molecule has 1 aliphatic rings. The minimum Gasteiger partial charge on any atom is -0.465 e. The molecule has 0 atom stereocenters. The van der Waals surface area contributed by atoms with Gasteiger partial charge in [0.25, 0.3) is 5.69 Å². The molecule has 3 rings (SSSR count). The molecule has 1 aliphatic heterocycles. The first-order chi connectivity index (χ1) is 14.0. The Morgan fingerprint density at radius 3 is 2.48 bits per heavy atom. The fourth-order valence-electron chi connectivity index (χ4n) is 2.82. The number of carbonyl (C=O) groups is 2. The number of nitro benzene ring substituents is 1. The number of nitro groups is 1. The van der Waals surface area contributed by atoms with Crippen molar-refractivity contribution in [2.24, 2.45) is 0 Å². The van der Waals surface area contributed by atoms with Crippen molar-refractivity contribution in [3.05, 3.63) is 81.5 Å². The zero-order chi connectivity index (χ0) is 21.0. The minimum absolute atomic E-state index is 0.0832. The van der Waals surface area contributed by atoms with Crippen molar-refractivity contribution in [1.82, 2.24) is 0 Å². The van der Waals surface area contributed by atoms with Crippen molar-refractivity contribution in [1.29, 1.82) is 0 Å². The van der Waals surface area contributed by atoms with Crippen LogP contribution in [0, 0.1) is 10.1 Å². The first kappa shape index (κ1) is 20.0. The van der Waals surface area contributed by atoms with E-state index in [1.165, 1.54) is 47.8 Å². The summed E-state index contributed by atoms with van der Waals surface area (Å²) in [7, 11) is 2.35. The SMILES string of the molecule is COC(=O)C1=C(C(=O)OC)N(c2cc(-c3cccs3)ccc2[N+](=O)[O-])C=CC=C1. The zero-order valence-electron chi connectivity index (χ0n) is 15.5. The lowest BCUT2D eigenvalue weighted by molar-refractivity contribution is -0.384.